The van der Waals surface area contributed by atoms with Gasteiger partial charge >= 0.3 is 5.97 Å². The number of nitrogens with one attached hydrogen (secondary N) is 1. The number of ether oxygens (including phenoxy) is 2. The van der Waals surface area contributed by atoms with E-state index < -0.39 is 11.9 Å². The van der Waals surface area contributed by atoms with Crippen LogP contribution in [-0.2, 0) is 9.53 Å². The molecule has 1 aromatic carbocycles. The van der Waals surface area contributed by atoms with Gasteiger partial charge in [0, 0.05) is 13.1 Å². The number of carbonyl (C=O) groups is 3. The van der Waals surface area contributed by atoms with Gasteiger partial charge in [0.2, 0.25) is 5.91 Å². The van der Waals surface area contributed by atoms with Crippen molar-refractivity contribution >= 4 is 39.7 Å². The molecule has 0 unspecified atom stereocenters. The molecule has 0 bridgehead atoms. The van der Waals surface area contributed by atoms with Gasteiger partial charge < -0.3 is 20.5 Å². The first-order valence-electron chi connectivity index (χ1n) is 10.3. The number of amides is 2. The van der Waals surface area contributed by atoms with Crippen LogP contribution in [0.5, 0.6) is 5.75 Å². The fraction of sp³-hybridized carbons (Fsp3) is 0.348. The van der Waals surface area contributed by atoms with E-state index >= 15 is 0 Å². The summed E-state index contributed by atoms with van der Waals surface area (Å²) in [6.45, 7) is 5.02. The normalized spacial score (nSPS) is 13.9. The van der Waals surface area contributed by atoms with Crippen LogP contribution in [0.25, 0.3) is 5.57 Å². The van der Waals surface area contributed by atoms with Crippen molar-refractivity contribution < 1.29 is 23.9 Å². The van der Waals surface area contributed by atoms with Gasteiger partial charge in [-0.2, -0.15) is 0 Å². The minimum Gasteiger partial charge on any atom is -0.497 e. The second-order valence-corrected chi connectivity index (χ2v) is 8.36. The highest BCUT2D eigenvalue weighted by Gasteiger charge is 2.26. The van der Waals surface area contributed by atoms with E-state index in [1.54, 1.807) is 21.0 Å². The van der Waals surface area contributed by atoms with Gasteiger partial charge in [0.25, 0.3) is 5.91 Å². The Bertz CT molecular complexity index is 1040. The second-order valence-electron chi connectivity index (χ2n) is 7.34. The Morgan fingerprint density at radius 3 is 2.50 bits per heavy atom. The summed E-state index contributed by atoms with van der Waals surface area (Å²) in [5.74, 6) is -0.692. The number of primary amides is 1. The highest BCUT2D eigenvalue weighted by atomic mass is 32.1. The molecule has 0 spiro atoms. The van der Waals surface area contributed by atoms with Gasteiger partial charge in [0.1, 0.15) is 10.8 Å². The summed E-state index contributed by atoms with van der Waals surface area (Å²) in [5, 5.41) is 3.05. The minimum atomic E-state index is -0.647. The third-order valence-corrected chi connectivity index (χ3v) is 6.45. The van der Waals surface area contributed by atoms with E-state index in [2.05, 4.69) is 11.4 Å². The molecule has 0 radical (unpaired) electrons. The molecule has 9 heteroatoms. The van der Waals surface area contributed by atoms with Crippen LogP contribution in [0.1, 0.15) is 44.5 Å². The van der Waals surface area contributed by atoms with Crippen molar-refractivity contribution in [3.8, 4) is 5.75 Å². The zero-order valence-corrected chi connectivity index (χ0v) is 19.2. The highest BCUT2D eigenvalue weighted by molar-refractivity contribution is 7.18. The van der Waals surface area contributed by atoms with Gasteiger partial charge in [-0.3, -0.25) is 14.5 Å². The lowest BCUT2D eigenvalue weighted by atomic mass is 9.99. The molecule has 2 heterocycles. The number of methoxy groups -OCH3 is 1. The zero-order valence-electron chi connectivity index (χ0n) is 18.4. The van der Waals surface area contributed by atoms with Gasteiger partial charge in [-0.05, 0) is 49.1 Å². The van der Waals surface area contributed by atoms with Crippen molar-refractivity contribution in [1.82, 2.24) is 4.90 Å². The first kappa shape index (κ1) is 23.5. The van der Waals surface area contributed by atoms with Gasteiger partial charge in [-0.1, -0.05) is 18.2 Å². The Hall–Kier alpha value is -3.17. The Kier molecular flexibility index (Phi) is 7.66. The largest absolute Gasteiger partial charge is 0.497 e. The summed E-state index contributed by atoms with van der Waals surface area (Å²) >= 11 is 0.991. The summed E-state index contributed by atoms with van der Waals surface area (Å²) in [4.78, 5) is 39.0. The van der Waals surface area contributed by atoms with Crippen molar-refractivity contribution in [1.29, 1.82) is 0 Å². The molecule has 1 aliphatic heterocycles. The van der Waals surface area contributed by atoms with Crippen LogP contribution in [0.2, 0.25) is 0 Å². The number of thiophene rings is 1. The van der Waals surface area contributed by atoms with Crippen molar-refractivity contribution in [3.05, 3.63) is 51.9 Å². The van der Waals surface area contributed by atoms with Crippen LogP contribution in [0.3, 0.4) is 0 Å². The van der Waals surface area contributed by atoms with Crippen LogP contribution in [0.15, 0.2) is 30.3 Å². The Morgan fingerprint density at radius 1 is 1.22 bits per heavy atom. The highest BCUT2D eigenvalue weighted by Crippen LogP contribution is 2.33. The lowest BCUT2D eigenvalue weighted by molar-refractivity contribution is -0.117. The first-order valence-corrected chi connectivity index (χ1v) is 11.1. The van der Waals surface area contributed by atoms with Crippen LogP contribution < -0.4 is 15.8 Å². The lowest BCUT2D eigenvalue weighted by Gasteiger charge is -2.26. The maximum atomic E-state index is 12.7. The van der Waals surface area contributed by atoms with E-state index in [1.165, 1.54) is 5.57 Å². The Labute approximate surface area is 191 Å². The molecule has 0 fully saturated rings. The molecule has 3 N–H and O–H groups in total. The zero-order chi connectivity index (χ0) is 23.3. The molecule has 170 valence electrons. The molecule has 0 aliphatic carbocycles. The molecule has 0 atom stereocenters. The number of carbonyl (C=O) groups excluding carboxylic acids is 3. The second kappa shape index (κ2) is 10.4. The summed E-state index contributed by atoms with van der Waals surface area (Å²) < 4.78 is 10.3. The van der Waals surface area contributed by atoms with Crippen LogP contribution in [0, 0.1) is 6.92 Å². The summed E-state index contributed by atoms with van der Waals surface area (Å²) in [5.41, 5.74) is 8.38. The van der Waals surface area contributed by atoms with Gasteiger partial charge in [-0.15, -0.1) is 11.3 Å². The third kappa shape index (κ3) is 5.35. The molecular formula is C23H27N3O5S. The van der Waals surface area contributed by atoms with Crippen LogP contribution >= 0.6 is 11.3 Å². The van der Waals surface area contributed by atoms with E-state index in [0.717, 1.165) is 35.6 Å². The molecule has 8 nitrogen and oxygen atoms in total. The number of esters is 1. The molecule has 0 saturated carbocycles. The Morgan fingerprint density at radius 2 is 1.94 bits per heavy atom. The SMILES string of the molecule is CCOC(=O)c1c(NC(=O)CN2CC=C(c3ccc(OC)cc3)CC2)sc(C(N)=O)c1C. The third-order valence-electron chi connectivity index (χ3n) is 5.22. The topological polar surface area (TPSA) is 111 Å². The van der Waals surface area contributed by atoms with Crippen molar-refractivity contribution in [2.45, 2.75) is 20.3 Å². The molecular weight excluding hydrogens is 430 g/mol. The van der Waals surface area contributed by atoms with E-state index in [1.807, 2.05) is 29.2 Å². The van der Waals surface area contributed by atoms with Gasteiger partial charge in [0.15, 0.2) is 0 Å². The fourth-order valence-electron chi connectivity index (χ4n) is 3.58. The first-order chi connectivity index (χ1) is 15.3. The molecule has 3 rings (SSSR count). The van der Waals surface area contributed by atoms with Crippen molar-refractivity contribution in [3.63, 3.8) is 0 Å². The molecule has 2 aromatic rings. The maximum absolute atomic E-state index is 12.7. The van der Waals surface area contributed by atoms with Gasteiger partial charge in [-0.25, -0.2) is 4.79 Å². The smallest absolute Gasteiger partial charge is 0.341 e. The van der Waals surface area contributed by atoms with Crippen molar-refractivity contribution in [2.75, 3.05) is 38.7 Å². The van der Waals surface area contributed by atoms with Crippen LogP contribution in [0.4, 0.5) is 5.00 Å². The molecule has 1 aromatic heterocycles. The molecule has 32 heavy (non-hydrogen) atoms. The fourth-order valence-corrected chi connectivity index (χ4v) is 4.64. The molecule has 0 saturated heterocycles. The quantitative estimate of drug-likeness (QED) is 0.590. The van der Waals surface area contributed by atoms with Crippen molar-refractivity contribution in [2.24, 2.45) is 5.73 Å². The summed E-state index contributed by atoms with van der Waals surface area (Å²) in [6.07, 6.45) is 2.93. The van der Waals surface area contributed by atoms with E-state index in [4.69, 9.17) is 15.2 Å². The molecule has 2 amide bonds. The van der Waals surface area contributed by atoms with E-state index in [-0.39, 0.29) is 34.5 Å². The monoisotopic (exact) mass is 457 g/mol. The number of nitrogens with two attached hydrogens (primary N) is 1. The predicted octanol–water partition coefficient (Wildman–Crippen LogP) is 3.07. The van der Waals surface area contributed by atoms with Gasteiger partial charge in [0.05, 0.1) is 30.7 Å². The summed E-state index contributed by atoms with van der Waals surface area (Å²) in [7, 11) is 1.64. The number of rotatable bonds is 8. The number of nitrogens with zero attached hydrogens (tertiary/aromatic N) is 1. The predicted molar refractivity (Wildman–Crippen MR) is 124 cm³/mol. The average molecular weight is 458 g/mol. The van der Waals surface area contributed by atoms with E-state index in [9.17, 15) is 14.4 Å². The Balaban J connectivity index is 1.66. The number of hydrogen-bond donors (Lipinski definition) is 2. The molecule has 1 aliphatic rings. The number of anilines is 1. The summed E-state index contributed by atoms with van der Waals surface area (Å²) in [6, 6.07) is 7.92. The standard InChI is InChI=1S/C23H27N3O5S/c1-4-31-23(29)19-14(2)20(21(24)28)32-22(19)25-18(27)13-26-11-9-16(10-12-26)15-5-7-17(30-3)8-6-15/h5-9H,4,10-13H2,1-3H3,(H2,24,28)(H,25,27). The minimum absolute atomic E-state index is 0.164. The average Bonchev–Trinajstić information content (AvgIpc) is 3.10. The van der Waals surface area contributed by atoms with E-state index in [0.29, 0.717) is 12.1 Å². The van der Waals surface area contributed by atoms with Crippen LogP contribution in [-0.4, -0.2) is 56.0 Å². The maximum Gasteiger partial charge on any atom is 0.341 e. The lowest BCUT2D eigenvalue weighted by Crippen LogP contribution is -2.36. The number of benzene rings is 1. The number of hydrogen-bond acceptors (Lipinski definition) is 7.